The molecule has 0 bridgehead atoms. The van der Waals surface area contributed by atoms with Crippen molar-refractivity contribution < 1.29 is 19.0 Å². The highest BCUT2D eigenvalue weighted by Gasteiger charge is 2.20. The van der Waals surface area contributed by atoms with Gasteiger partial charge in [0.05, 0.1) is 29.5 Å². The molecule has 2 heterocycles. The Morgan fingerprint density at radius 1 is 0.868 bits per heavy atom. The number of aryl methyl sites for hydroxylation is 2. The number of rotatable bonds is 14. The Morgan fingerprint density at radius 2 is 1.58 bits per heavy atom. The minimum atomic E-state index is -0.0139. The van der Waals surface area contributed by atoms with Crippen molar-refractivity contribution in [3.8, 4) is 29.2 Å². The van der Waals surface area contributed by atoms with Crippen LogP contribution in [-0.4, -0.2) is 53.5 Å². The molecule has 53 heavy (non-hydrogen) atoms. The normalized spacial score (nSPS) is 12.9. The fourth-order valence-electron chi connectivity index (χ4n) is 5.89. The minimum absolute atomic E-state index is 0. The van der Waals surface area contributed by atoms with Gasteiger partial charge in [-0.3, -0.25) is 9.69 Å². The van der Waals surface area contributed by atoms with E-state index in [1.54, 1.807) is 48.7 Å². The second-order valence-electron chi connectivity index (χ2n) is 12.7. The molecule has 8 nitrogen and oxygen atoms in total. The van der Waals surface area contributed by atoms with Gasteiger partial charge < -0.3 is 19.1 Å². The number of hydrogen-bond donors (Lipinski definition) is 0. The van der Waals surface area contributed by atoms with E-state index in [0.717, 1.165) is 54.9 Å². The van der Waals surface area contributed by atoms with Gasteiger partial charge in [0.25, 0.3) is 0 Å². The van der Waals surface area contributed by atoms with E-state index >= 15 is 0 Å². The molecule has 1 amide bonds. The maximum atomic E-state index is 13.0. The van der Waals surface area contributed by atoms with Gasteiger partial charge in [-0.1, -0.05) is 66.2 Å². The highest BCUT2D eigenvalue weighted by Crippen LogP contribution is 2.34. The van der Waals surface area contributed by atoms with Crippen LogP contribution < -0.4 is 14.2 Å². The van der Waals surface area contributed by atoms with Crippen LogP contribution in [0.2, 0.25) is 5.02 Å². The predicted octanol–water partition coefficient (Wildman–Crippen LogP) is 9.08. The second kappa shape index (κ2) is 19.5. The summed E-state index contributed by atoms with van der Waals surface area (Å²) in [5.74, 6) is 2.37. The van der Waals surface area contributed by atoms with Gasteiger partial charge in [0, 0.05) is 44.9 Å². The Balaban J connectivity index is 0.00000541. The van der Waals surface area contributed by atoms with E-state index in [0.29, 0.717) is 54.3 Å². The molecule has 1 saturated heterocycles. The number of carbonyl (C=O) groups is 1. The predicted molar refractivity (Wildman–Crippen MR) is 211 cm³/mol. The largest absolute Gasteiger partial charge is 0.494 e. The van der Waals surface area contributed by atoms with E-state index in [1.807, 2.05) is 60.4 Å². The smallest absolute Gasteiger partial charge is 0.246 e. The van der Waals surface area contributed by atoms with Gasteiger partial charge in [-0.25, -0.2) is 4.98 Å². The molecule has 4 aromatic carbocycles. The van der Waals surface area contributed by atoms with Crippen LogP contribution in [0.3, 0.4) is 0 Å². The zero-order valence-electron chi connectivity index (χ0n) is 29.6. The molecule has 0 unspecified atom stereocenters. The van der Waals surface area contributed by atoms with E-state index in [-0.39, 0.29) is 18.3 Å². The van der Waals surface area contributed by atoms with Crippen molar-refractivity contribution in [3.05, 3.63) is 154 Å². The Morgan fingerprint density at radius 3 is 2.26 bits per heavy atom. The summed E-state index contributed by atoms with van der Waals surface area (Å²) in [7, 11) is 0. The Labute approximate surface area is 322 Å². The van der Waals surface area contributed by atoms with Gasteiger partial charge in [0.1, 0.15) is 18.1 Å². The van der Waals surface area contributed by atoms with Crippen LogP contribution in [0, 0.1) is 18.3 Å². The topological polar surface area (TPSA) is 87.9 Å². The SMILES string of the molecule is Cc1cc(/C=C/C(=O)N2CCN(Cc3ccc(CCCOc4ccccc4)cc3)CC2)cc(Cl)c1Oc1ccc(OCc2ccc(C#N)cc2)cn1.Cl. The average Bonchev–Trinajstić information content (AvgIpc) is 3.18. The third-order valence-electron chi connectivity index (χ3n) is 8.81. The summed E-state index contributed by atoms with van der Waals surface area (Å²) < 4.78 is 17.6. The van der Waals surface area contributed by atoms with E-state index in [2.05, 4.69) is 40.2 Å². The molecule has 1 aromatic heterocycles. The Kier molecular flexibility index (Phi) is 14.3. The molecule has 1 aliphatic heterocycles. The summed E-state index contributed by atoms with van der Waals surface area (Å²) in [5, 5.41) is 9.38. The number of amides is 1. The molecule has 0 radical (unpaired) electrons. The maximum Gasteiger partial charge on any atom is 0.246 e. The standard InChI is InChI=1S/C43H41ClN4O4.ClH/c1-32-26-37(27-40(44)43(32)52-41-19-18-39(29-46-41)51-31-36-15-11-34(28-45)12-16-36)17-20-42(49)48-23-21-47(22-24-48)30-35-13-9-33(10-14-35)6-5-25-50-38-7-3-2-4-8-38;/h2-4,7-20,26-27,29H,5-6,21-25,30-31H2,1H3;1H/b20-17+;. The Bertz CT molecular complexity index is 1970. The van der Waals surface area contributed by atoms with Gasteiger partial charge in [0.2, 0.25) is 11.8 Å². The highest BCUT2D eigenvalue weighted by atomic mass is 35.5. The molecule has 6 rings (SSSR count). The van der Waals surface area contributed by atoms with Crippen molar-refractivity contribution in [3.63, 3.8) is 0 Å². The number of pyridine rings is 1. The molecule has 0 aliphatic carbocycles. The number of hydrogen-bond acceptors (Lipinski definition) is 7. The first-order valence-corrected chi connectivity index (χ1v) is 17.8. The van der Waals surface area contributed by atoms with Crippen molar-refractivity contribution in [2.24, 2.45) is 0 Å². The van der Waals surface area contributed by atoms with Crippen molar-refractivity contribution in [1.82, 2.24) is 14.8 Å². The van der Waals surface area contributed by atoms with Crippen LogP contribution in [0.25, 0.3) is 6.08 Å². The lowest BCUT2D eigenvalue weighted by Crippen LogP contribution is -2.47. The van der Waals surface area contributed by atoms with E-state index in [1.165, 1.54) is 11.1 Å². The molecular weight excluding hydrogens is 707 g/mol. The van der Waals surface area contributed by atoms with Crippen LogP contribution in [0.1, 0.15) is 39.8 Å². The third-order valence-corrected chi connectivity index (χ3v) is 9.09. The molecule has 1 fully saturated rings. The van der Waals surface area contributed by atoms with Crippen LogP contribution in [-0.2, 0) is 24.4 Å². The molecule has 5 aromatic rings. The van der Waals surface area contributed by atoms with Crippen molar-refractivity contribution in [2.45, 2.75) is 32.9 Å². The van der Waals surface area contributed by atoms with Crippen LogP contribution in [0.4, 0.5) is 0 Å². The Hall–Kier alpha value is -5.33. The first kappa shape index (κ1) is 38.9. The molecule has 272 valence electrons. The molecule has 0 saturated carbocycles. The van der Waals surface area contributed by atoms with Crippen LogP contribution >= 0.6 is 24.0 Å². The lowest BCUT2D eigenvalue weighted by molar-refractivity contribution is -0.127. The molecule has 10 heteroatoms. The van der Waals surface area contributed by atoms with Crippen molar-refractivity contribution in [1.29, 1.82) is 5.26 Å². The van der Waals surface area contributed by atoms with Gasteiger partial charge in [-0.2, -0.15) is 5.26 Å². The fraction of sp³-hybridized carbons (Fsp3) is 0.233. The average molecular weight is 750 g/mol. The van der Waals surface area contributed by atoms with E-state index in [4.69, 9.17) is 31.1 Å². The summed E-state index contributed by atoms with van der Waals surface area (Å²) in [6.07, 6.45) is 6.96. The summed E-state index contributed by atoms with van der Waals surface area (Å²) in [4.78, 5) is 21.7. The van der Waals surface area contributed by atoms with Crippen molar-refractivity contribution >= 4 is 36.0 Å². The number of carbonyl (C=O) groups excluding carboxylic acids is 1. The van der Waals surface area contributed by atoms with Crippen LogP contribution in [0.15, 0.2) is 115 Å². The number of halogens is 2. The van der Waals surface area contributed by atoms with Gasteiger partial charge >= 0.3 is 0 Å². The number of benzene rings is 4. The minimum Gasteiger partial charge on any atom is -0.494 e. The fourth-order valence-corrected chi connectivity index (χ4v) is 6.21. The van der Waals surface area contributed by atoms with Crippen LogP contribution in [0.5, 0.6) is 23.1 Å². The second-order valence-corrected chi connectivity index (χ2v) is 13.1. The highest BCUT2D eigenvalue weighted by molar-refractivity contribution is 6.32. The number of piperazine rings is 1. The van der Waals surface area contributed by atoms with Gasteiger partial charge in [0.15, 0.2) is 5.75 Å². The van der Waals surface area contributed by atoms with E-state index in [9.17, 15) is 4.79 Å². The van der Waals surface area contributed by atoms with Gasteiger partial charge in [-0.15, -0.1) is 12.4 Å². The number of nitriles is 1. The quantitative estimate of drug-likeness (QED) is 0.0827. The maximum absolute atomic E-state index is 13.0. The molecule has 0 atom stereocenters. The number of nitrogens with zero attached hydrogens (tertiary/aromatic N) is 4. The summed E-state index contributed by atoms with van der Waals surface area (Å²) in [6.45, 7) is 6.85. The van der Waals surface area contributed by atoms with Gasteiger partial charge in [-0.05, 0) is 96.1 Å². The number of para-hydroxylation sites is 1. The summed E-state index contributed by atoms with van der Waals surface area (Å²) in [6, 6.07) is 35.3. The zero-order valence-corrected chi connectivity index (χ0v) is 31.2. The third kappa shape index (κ3) is 11.6. The van der Waals surface area contributed by atoms with Crippen molar-refractivity contribution in [2.75, 3.05) is 32.8 Å². The lowest BCUT2D eigenvalue weighted by Gasteiger charge is -2.34. The molecule has 0 spiro atoms. The monoisotopic (exact) mass is 748 g/mol. The van der Waals surface area contributed by atoms with E-state index < -0.39 is 0 Å². The molecule has 0 N–H and O–H groups in total. The number of ether oxygens (including phenoxy) is 3. The first-order valence-electron chi connectivity index (χ1n) is 17.4. The summed E-state index contributed by atoms with van der Waals surface area (Å²) in [5.41, 5.74) is 5.78. The lowest BCUT2D eigenvalue weighted by atomic mass is 10.1. The summed E-state index contributed by atoms with van der Waals surface area (Å²) >= 11 is 6.62. The number of aromatic nitrogens is 1. The molecule has 1 aliphatic rings. The first-order chi connectivity index (χ1) is 25.4. The zero-order chi connectivity index (χ0) is 36.1. The molecular formula is C43H42Cl2N4O4.